The predicted molar refractivity (Wildman–Crippen MR) is 137 cm³/mol. The molecule has 1 aliphatic rings. The number of amides is 1. The number of hydrogen-bond acceptors (Lipinski definition) is 3. The van der Waals surface area contributed by atoms with E-state index in [4.69, 9.17) is 21.3 Å². The van der Waals surface area contributed by atoms with Crippen LogP contribution in [0.4, 0.5) is 5.69 Å². The highest BCUT2D eigenvalue weighted by atomic mass is 35.5. The molecule has 1 amide bonds. The molecule has 1 aliphatic heterocycles. The van der Waals surface area contributed by atoms with Crippen molar-refractivity contribution in [2.75, 3.05) is 18.1 Å². The number of aromatic nitrogens is 2. The Morgan fingerprint density at radius 1 is 1.06 bits per heavy atom. The smallest absolute Gasteiger partial charge is 0.227 e. The van der Waals surface area contributed by atoms with E-state index in [-0.39, 0.29) is 11.8 Å². The average molecular weight is 474 g/mol. The van der Waals surface area contributed by atoms with Crippen molar-refractivity contribution in [3.05, 3.63) is 88.7 Å². The van der Waals surface area contributed by atoms with Crippen LogP contribution in [0.1, 0.15) is 35.7 Å². The lowest BCUT2D eigenvalue weighted by molar-refractivity contribution is -0.117. The molecule has 0 bridgehead atoms. The van der Waals surface area contributed by atoms with E-state index in [2.05, 4.69) is 42.7 Å². The minimum atomic E-state index is 0.0103. The van der Waals surface area contributed by atoms with E-state index in [0.29, 0.717) is 24.6 Å². The Morgan fingerprint density at radius 3 is 2.71 bits per heavy atom. The molecule has 6 heteroatoms. The van der Waals surface area contributed by atoms with Crippen molar-refractivity contribution < 1.29 is 9.53 Å². The summed E-state index contributed by atoms with van der Waals surface area (Å²) in [5, 5.41) is 0.591. The van der Waals surface area contributed by atoms with Crippen molar-refractivity contribution in [2.24, 2.45) is 0 Å². The van der Waals surface area contributed by atoms with Gasteiger partial charge in [0, 0.05) is 25.4 Å². The molecular weight excluding hydrogens is 446 g/mol. The molecule has 2 heterocycles. The van der Waals surface area contributed by atoms with Crippen LogP contribution in [0.25, 0.3) is 11.0 Å². The lowest BCUT2D eigenvalue weighted by Crippen LogP contribution is -2.24. The highest BCUT2D eigenvalue weighted by molar-refractivity contribution is 6.33. The van der Waals surface area contributed by atoms with Gasteiger partial charge in [-0.3, -0.25) is 4.79 Å². The maximum atomic E-state index is 12.9. The number of nitrogens with zero attached hydrogens (tertiary/aromatic N) is 3. The van der Waals surface area contributed by atoms with Gasteiger partial charge in [-0.15, -0.1) is 0 Å². The SMILES string of the molecule is Cc1ccc(C)c(OCCCn2c([C@@H]3CC(=O)N(c4ccccc4Cl)C3)nc3ccccc32)c1. The third-order valence-corrected chi connectivity index (χ3v) is 6.76. The first-order valence-electron chi connectivity index (χ1n) is 11.7. The van der Waals surface area contributed by atoms with Gasteiger partial charge in [0.15, 0.2) is 0 Å². The van der Waals surface area contributed by atoms with Gasteiger partial charge in [0.2, 0.25) is 5.91 Å². The van der Waals surface area contributed by atoms with Crippen LogP contribution in [0, 0.1) is 13.8 Å². The number of anilines is 1. The van der Waals surface area contributed by atoms with Crippen molar-refractivity contribution in [3.63, 3.8) is 0 Å². The number of carbonyl (C=O) groups is 1. The normalized spacial score (nSPS) is 15.9. The second-order valence-electron chi connectivity index (χ2n) is 8.94. The monoisotopic (exact) mass is 473 g/mol. The summed E-state index contributed by atoms with van der Waals surface area (Å²) in [4.78, 5) is 19.7. The van der Waals surface area contributed by atoms with E-state index < -0.39 is 0 Å². The van der Waals surface area contributed by atoms with Gasteiger partial charge < -0.3 is 14.2 Å². The van der Waals surface area contributed by atoms with Crippen LogP contribution < -0.4 is 9.64 Å². The topological polar surface area (TPSA) is 47.4 Å². The lowest BCUT2D eigenvalue weighted by atomic mass is 10.1. The number of fused-ring (bicyclic) bond motifs is 1. The minimum absolute atomic E-state index is 0.0103. The Kier molecular flexibility index (Phi) is 6.29. The molecule has 1 aromatic heterocycles. The number of benzene rings is 3. The number of carbonyl (C=O) groups excluding carboxylic acids is 1. The van der Waals surface area contributed by atoms with Crippen LogP contribution in [0.5, 0.6) is 5.75 Å². The first-order chi connectivity index (χ1) is 16.5. The largest absolute Gasteiger partial charge is 0.493 e. The first kappa shape index (κ1) is 22.5. The molecule has 174 valence electrons. The number of para-hydroxylation sites is 3. The zero-order valence-corrected chi connectivity index (χ0v) is 20.3. The number of halogens is 1. The van der Waals surface area contributed by atoms with Gasteiger partial charge in [-0.2, -0.15) is 0 Å². The van der Waals surface area contributed by atoms with Crippen molar-refractivity contribution in [2.45, 2.75) is 39.2 Å². The van der Waals surface area contributed by atoms with E-state index in [1.54, 1.807) is 4.90 Å². The molecule has 1 fully saturated rings. The molecule has 34 heavy (non-hydrogen) atoms. The molecule has 0 aliphatic carbocycles. The molecule has 5 rings (SSSR count). The summed E-state index contributed by atoms with van der Waals surface area (Å²) in [6.07, 6.45) is 1.27. The summed E-state index contributed by atoms with van der Waals surface area (Å²) in [7, 11) is 0. The Bertz CT molecular complexity index is 1350. The van der Waals surface area contributed by atoms with Crippen molar-refractivity contribution >= 4 is 34.2 Å². The van der Waals surface area contributed by atoms with Crippen molar-refractivity contribution in [1.29, 1.82) is 0 Å². The highest BCUT2D eigenvalue weighted by Crippen LogP contribution is 2.36. The molecule has 0 spiro atoms. The number of aryl methyl sites for hydroxylation is 3. The van der Waals surface area contributed by atoms with Crippen LogP contribution in [-0.4, -0.2) is 28.6 Å². The maximum absolute atomic E-state index is 12.9. The highest BCUT2D eigenvalue weighted by Gasteiger charge is 2.35. The fourth-order valence-electron chi connectivity index (χ4n) is 4.69. The Hall–Kier alpha value is -3.31. The van der Waals surface area contributed by atoms with Crippen LogP contribution in [0.3, 0.4) is 0 Å². The number of rotatable bonds is 7. The van der Waals surface area contributed by atoms with E-state index in [1.165, 1.54) is 5.56 Å². The molecule has 4 aromatic rings. The molecule has 3 aromatic carbocycles. The van der Waals surface area contributed by atoms with Gasteiger partial charge in [-0.1, -0.05) is 48.0 Å². The standard InChI is InChI=1S/C28H28ClN3O2/c1-19-12-13-20(2)26(16-19)34-15-7-14-31-25-11-6-4-9-23(25)30-28(31)21-17-27(33)32(18-21)24-10-5-3-8-22(24)29/h3-6,8-13,16,21H,7,14-15,17-18H2,1-2H3/t21-/m1/s1. The second-order valence-corrected chi connectivity index (χ2v) is 9.35. The summed E-state index contributed by atoms with van der Waals surface area (Å²) < 4.78 is 8.35. The summed E-state index contributed by atoms with van der Waals surface area (Å²) in [6.45, 7) is 6.11. The molecule has 1 atom stereocenters. The van der Waals surface area contributed by atoms with Crippen molar-refractivity contribution in [1.82, 2.24) is 9.55 Å². The Morgan fingerprint density at radius 2 is 1.85 bits per heavy atom. The molecule has 0 radical (unpaired) electrons. The maximum Gasteiger partial charge on any atom is 0.227 e. The Balaban J connectivity index is 1.36. The van der Waals surface area contributed by atoms with E-state index in [9.17, 15) is 4.79 Å². The summed E-state index contributed by atoms with van der Waals surface area (Å²) in [6, 6.07) is 21.9. The Labute approximate surface area is 204 Å². The molecule has 0 unspecified atom stereocenters. The van der Waals surface area contributed by atoms with Gasteiger partial charge >= 0.3 is 0 Å². The van der Waals surface area contributed by atoms with Crippen LogP contribution in [0.2, 0.25) is 5.02 Å². The third-order valence-electron chi connectivity index (χ3n) is 6.44. The summed E-state index contributed by atoms with van der Waals surface area (Å²) >= 11 is 6.39. The molecule has 0 N–H and O–H groups in total. The third kappa shape index (κ3) is 4.40. The number of ether oxygens (including phenoxy) is 1. The fraction of sp³-hybridized carbons (Fsp3) is 0.286. The zero-order valence-electron chi connectivity index (χ0n) is 19.5. The summed E-state index contributed by atoms with van der Waals surface area (Å²) in [5.74, 6) is 1.98. The zero-order chi connectivity index (χ0) is 23.7. The van der Waals surface area contributed by atoms with Crippen LogP contribution >= 0.6 is 11.6 Å². The van der Waals surface area contributed by atoms with Gasteiger partial charge in [0.1, 0.15) is 11.6 Å². The minimum Gasteiger partial charge on any atom is -0.493 e. The average Bonchev–Trinajstić information content (AvgIpc) is 3.39. The van der Waals surface area contributed by atoms with E-state index >= 15 is 0 Å². The first-order valence-corrected chi connectivity index (χ1v) is 12.1. The predicted octanol–water partition coefficient (Wildman–Crippen LogP) is 6.30. The van der Waals surface area contributed by atoms with Gasteiger partial charge in [-0.05, 0) is 61.7 Å². The molecule has 1 saturated heterocycles. The van der Waals surface area contributed by atoms with Crippen LogP contribution in [-0.2, 0) is 11.3 Å². The number of imidazole rings is 1. The van der Waals surface area contributed by atoms with E-state index in [0.717, 1.165) is 46.8 Å². The molecule has 5 nitrogen and oxygen atoms in total. The molecular formula is C28H28ClN3O2. The quantitative estimate of drug-likeness (QED) is 0.296. The van der Waals surface area contributed by atoms with E-state index in [1.807, 2.05) is 42.5 Å². The summed E-state index contributed by atoms with van der Waals surface area (Å²) in [5.41, 5.74) is 5.15. The van der Waals surface area contributed by atoms with Gasteiger partial charge in [0.05, 0.1) is 28.4 Å². The van der Waals surface area contributed by atoms with Crippen LogP contribution in [0.15, 0.2) is 66.7 Å². The van der Waals surface area contributed by atoms with Gasteiger partial charge in [-0.25, -0.2) is 4.98 Å². The van der Waals surface area contributed by atoms with Gasteiger partial charge in [0.25, 0.3) is 0 Å². The number of hydrogen-bond donors (Lipinski definition) is 0. The molecule has 0 saturated carbocycles. The fourth-order valence-corrected chi connectivity index (χ4v) is 4.93. The lowest BCUT2D eigenvalue weighted by Gasteiger charge is -2.18. The second kappa shape index (κ2) is 9.51. The van der Waals surface area contributed by atoms with Crippen molar-refractivity contribution in [3.8, 4) is 5.75 Å².